The van der Waals surface area contributed by atoms with E-state index in [2.05, 4.69) is 9.17 Å². The van der Waals surface area contributed by atoms with Crippen molar-refractivity contribution in [1.29, 1.82) is 0 Å². The first-order valence-electron chi connectivity index (χ1n) is 9.16. The summed E-state index contributed by atoms with van der Waals surface area (Å²) in [7, 11) is -4.57. The summed E-state index contributed by atoms with van der Waals surface area (Å²) < 4.78 is 82.3. The van der Waals surface area contributed by atoms with E-state index in [4.69, 9.17) is 11.6 Å². The van der Waals surface area contributed by atoms with Crippen LogP contribution in [0.4, 0.5) is 17.6 Å². The standard InChI is InChI=1S/C19H14ClF4N3O4S/c1-3-13-17-25-12-8-11(21)10(20)7-14(12)27(17)16-9(18(28)26(13)2)5-4-6-15(16)31-32(29,30)19(22,23)24/h4-8,13H,3H2,1-2H3/t13-/m1/s1. The molecule has 3 aromatic rings. The fourth-order valence-electron chi connectivity index (χ4n) is 3.67. The molecule has 0 fully saturated rings. The summed E-state index contributed by atoms with van der Waals surface area (Å²) in [5.74, 6) is -1.92. The normalized spacial score (nSPS) is 16.7. The predicted octanol–water partition coefficient (Wildman–Crippen LogP) is 4.58. The number of imidazole rings is 1. The summed E-state index contributed by atoms with van der Waals surface area (Å²) in [6.07, 6.45) is 0.354. The number of benzene rings is 2. The highest BCUT2D eigenvalue weighted by Crippen LogP contribution is 2.41. The minimum absolute atomic E-state index is 0.113. The van der Waals surface area contributed by atoms with E-state index in [1.165, 1.54) is 34.7 Å². The third kappa shape index (κ3) is 3.28. The molecule has 0 aliphatic carbocycles. The van der Waals surface area contributed by atoms with Crippen LogP contribution in [0, 0.1) is 5.82 Å². The lowest BCUT2D eigenvalue weighted by Gasteiger charge is -2.24. The van der Waals surface area contributed by atoms with Crippen LogP contribution in [-0.4, -0.2) is 41.3 Å². The lowest BCUT2D eigenvalue weighted by Crippen LogP contribution is -2.30. The molecule has 1 aliphatic rings. The molecule has 1 aliphatic heterocycles. The van der Waals surface area contributed by atoms with Gasteiger partial charge in [0.2, 0.25) is 0 Å². The first kappa shape index (κ1) is 22.3. The number of rotatable bonds is 3. The second-order valence-corrected chi connectivity index (χ2v) is 8.98. The van der Waals surface area contributed by atoms with Crippen LogP contribution in [0.5, 0.6) is 5.75 Å². The van der Waals surface area contributed by atoms with Gasteiger partial charge in [0.1, 0.15) is 17.3 Å². The number of carbonyl (C=O) groups excluding carboxylic acids is 1. The van der Waals surface area contributed by atoms with Gasteiger partial charge in [0.25, 0.3) is 5.91 Å². The number of fused-ring (bicyclic) bond motifs is 5. The lowest BCUT2D eigenvalue weighted by atomic mass is 10.1. The first-order chi connectivity index (χ1) is 14.9. The van der Waals surface area contributed by atoms with E-state index in [-0.39, 0.29) is 33.1 Å². The highest BCUT2D eigenvalue weighted by Gasteiger charge is 2.49. The summed E-state index contributed by atoms with van der Waals surface area (Å²) >= 11 is 5.92. The number of carbonyl (C=O) groups is 1. The predicted molar refractivity (Wildman–Crippen MR) is 107 cm³/mol. The summed E-state index contributed by atoms with van der Waals surface area (Å²) in [4.78, 5) is 18.8. The minimum atomic E-state index is -6.04. The summed E-state index contributed by atoms with van der Waals surface area (Å²) in [5, 5.41) is -0.292. The zero-order chi connectivity index (χ0) is 23.6. The van der Waals surface area contributed by atoms with Crippen molar-refractivity contribution in [2.75, 3.05) is 7.05 Å². The van der Waals surface area contributed by atoms with Crippen LogP contribution in [0.25, 0.3) is 16.7 Å². The number of halogens is 5. The van der Waals surface area contributed by atoms with Crippen molar-refractivity contribution in [3.8, 4) is 11.4 Å². The van der Waals surface area contributed by atoms with Gasteiger partial charge >= 0.3 is 15.6 Å². The molecule has 1 amide bonds. The van der Waals surface area contributed by atoms with Gasteiger partial charge in [-0.25, -0.2) is 9.37 Å². The maximum Gasteiger partial charge on any atom is 0.534 e. The van der Waals surface area contributed by atoms with Crippen LogP contribution in [0.15, 0.2) is 30.3 Å². The Morgan fingerprint density at radius 1 is 1.25 bits per heavy atom. The Balaban J connectivity index is 2.12. The van der Waals surface area contributed by atoms with Gasteiger partial charge in [0.15, 0.2) is 5.75 Å². The van der Waals surface area contributed by atoms with Crippen LogP contribution in [0.3, 0.4) is 0 Å². The molecule has 32 heavy (non-hydrogen) atoms. The summed E-state index contributed by atoms with van der Waals surface area (Å²) in [5.41, 5.74) is -5.82. The summed E-state index contributed by atoms with van der Waals surface area (Å²) in [6.45, 7) is 1.76. The van der Waals surface area contributed by atoms with Gasteiger partial charge in [-0.05, 0) is 24.6 Å². The minimum Gasteiger partial charge on any atom is -0.374 e. The maximum atomic E-state index is 14.1. The second kappa shape index (κ2) is 7.34. The molecule has 1 atom stereocenters. The summed E-state index contributed by atoms with van der Waals surface area (Å²) in [6, 6.07) is 5.09. The molecule has 0 spiro atoms. The van der Waals surface area contributed by atoms with Crippen molar-refractivity contribution in [2.45, 2.75) is 24.9 Å². The van der Waals surface area contributed by atoms with Crippen molar-refractivity contribution in [3.05, 3.63) is 52.6 Å². The molecule has 2 aromatic carbocycles. The maximum absolute atomic E-state index is 14.1. The van der Waals surface area contributed by atoms with Gasteiger partial charge < -0.3 is 9.08 Å². The third-order valence-corrected chi connectivity index (χ3v) is 6.39. The molecule has 0 radical (unpaired) electrons. The van der Waals surface area contributed by atoms with Gasteiger partial charge in [-0.15, -0.1) is 0 Å². The van der Waals surface area contributed by atoms with Crippen molar-refractivity contribution in [3.63, 3.8) is 0 Å². The highest BCUT2D eigenvalue weighted by atomic mass is 35.5. The fourth-order valence-corrected chi connectivity index (χ4v) is 4.29. The van der Waals surface area contributed by atoms with Crippen molar-refractivity contribution in [2.24, 2.45) is 0 Å². The smallest absolute Gasteiger partial charge is 0.374 e. The van der Waals surface area contributed by atoms with Crippen LogP contribution in [0.2, 0.25) is 5.02 Å². The molecule has 2 heterocycles. The van der Waals surface area contributed by atoms with Gasteiger partial charge in [-0.1, -0.05) is 24.6 Å². The number of aromatic nitrogens is 2. The average Bonchev–Trinajstić information content (AvgIpc) is 3.00. The van der Waals surface area contributed by atoms with E-state index in [0.29, 0.717) is 6.42 Å². The van der Waals surface area contributed by atoms with E-state index in [9.17, 15) is 30.8 Å². The largest absolute Gasteiger partial charge is 0.534 e. The van der Waals surface area contributed by atoms with Crippen LogP contribution >= 0.6 is 11.6 Å². The Morgan fingerprint density at radius 2 is 1.94 bits per heavy atom. The molecular formula is C19H14ClF4N3O4S. The number of alkyl halides is 3. The Bertz CT molecular complexity index is 1370. The third-order valence-electron chi connectivity index (χ3n) is 5.13. The van der Waals surface area contributed by atoms with E-state index < -0.39 is 39.1 Å². The number of hydrogen-bond acceptors (Lipinski definition) is 5. The van der Waals surface area contributed by atoms with Crippen LogP contribution < -0.4 is 4.18 Å². The molecule has 1 aromatic heterocycles. The fraction of sp³-hybridized carbons (Fsp3) is 0.263. The lowest BCUT2D eigenvalue weighted by molar-refractivity contribution is -0.0500. The number of amides is 1. The van der Waals surface area contributed by atoms with Gasteiger partial charge in [0, 0.05) is 13.1 Å². The van der Waals surface area contributed by atoms with E-state index in [0.717, 1.165) is 12.1 Å². The van der Waals surface area contributed by atoms with Crippen molar-refractivity contribution in [1.82, 2.24) is 14.5 Å². The van der Waals surface area contributed by atoms with Crippen molar-refractivity contribution < 1.29 is 35.0 Å². The molecule has 0 N–H and O–H groups in total. The first-order valence-corrected chi connectivity index (χ1v) is 10.9. The van der Waals surface area contributed by atoms with E-state index in [1.54, 1.807) is 6.92 Å². The highest BCUT2D eigenvalue weighted by molar-refractivity contribution is 7.88. The molecule has 7 nitrogen and oxygen atoms in total. The van der Waals surface area contributed by atoms with E-state index >= 15 is 0 Å². The van der Waals surface area contributed by atoms with Gasteiger partial charge in [0.05, 0.1) is 27.7 Å². The molecule has 0 saturated carbocycles. The molecule has 170 valence electrons. The number of hydrogen-bond donors (Lipinski definition) is 0. The topological polar surface area (TPSA) is 81.5 Å². The SMILES string of the molecule is CC[C@@H]1c2nc3cc(F)c(Cl)cc3n2-c2c(OS(=O)(=O)C(F)(F)F)cccc2C(=O)N1C. The van der Waals surface area contributed by atoms with E-state index in [1.807, 2.05) is 0 Å². The Kier molecular flexibility index (Phi) is 5.12. The Labute approximate surface area is 184 Å². The molecule has 4 rings (SSSR count). The molecule has 0 bridgehead atoms. The second-order valence-electron chi connectivity index (χ2n) is 7.04. The molecule has 0 unspecified atom stereocenters. The molecule has 13 heteroatoms. The Hall–Kier alpha value is -2.86. The van der Waals surface area contributed by atoms with Gasteiger partial charge in [-0.3, -0.25) is 9.36 Å². The number of para-hydroxylation sites is 1. The van der Waals surface area contributed by atoms with Crippen molar-refractivity contribution >= 4 is 38.7 Å². The monoisotopic (exact) mass is 491 g/mol. The zero-order valence-corrected chi connectivity index (χ0v) is 18.0. The average molecular weight is 492 g/mol. The molecular weight excluding hydrogens is 478 g/mol. The molecule has 0 saturated heterocycles. The Morgan fingerprint density at radius 3 is 2.56 bits per heavy atom. The quantitative estimate of drug-likeness (QED) is 0.304. The van der Waals surface area contributed by atoms with Crippen LogP contribution in [0.1, 0.15) is 35.6 Å². The van der Waals surface area contributed by atoms with Crippen LogP contribution in [-0.2, 0) is 10.1 Å². The number of nitrogens with zero attached hydrogens (tertiary/aromatic N) is 3. The zero-order valence-electron chi connectivity index (χ0n) is 16.4. The van der Waals surface area contributed by atoms with Gasteiger partial charge in [-0.2, -0.15) is 21.6 Å².